The first-order valence-electron chi connectivity index (χ1n) is 3.78. The molecular formula is C9H8N2. The van der Waals surface area contributed by atoms with E-state index in [4.69, 9.17) is 5.26 Å². The molecule has 0 saturated heterocycles. The fourth-order valence-electron chi connectivity index (χ4n) is 1.51. The van der Waals surface area contributed by atoms with Gasteiger partial charge in [-0.25, -0.2) is 4.98 Å². The standard InChI is InChI=1S/C9H8N2/c10-5-9-4-7-2-1-3-8(7)6-11-9/h4,6H,1-3H2. The van der Waals surface area contributed by atoms with Gasteiger partial charge in [0.05, 0.1) is 0 Å². The predicted octanol–water partition coefficient (Wildman–Crippen LogP) is 1.44. The van der Waals surface area contributed by atoms with Crippen molar-refractivity contribution in [1.82, 2.24) is 4.98 Å². The number of nitriles is 1. The van der Waals surface area contributed by atoms with Crippen molar-refractivity contribution in [2.75, 3.05) is 0 Å². The number of aromatic nitrogens is 1. The summed E-state index contributed by atoms with van der Waals surface area (Å²) in [4.78, 5) is 4.01. The highest BCUT2D eigenvalue weighted by Gasteiger charge is 2.10. The molecule has 1 heterocycles. The molecule has 54 valence electrons. The number of hydrogen-bond donors (Lipinski definition) is 0. The second kappa shape index (κ2) is 2.35. The number of pyridine rings is 1. The highest BCUT2D eigenvalue weighted by Crippen LogP contribution is 2.20. The fourth-order valence-corrected chi connectivity index (χ4v) is 1.51. The van der Waals surface area contributed by atoms with E-state index in [0.717, 1.165) is 12.8 Å². The summed E-state index contributed by atoms with van der Waals surface area (Å²) >= 11 is 0. The normalized spacial score (nSPS) is 14.1. The van der Waals surface area contributed by atoms with E-state index in [2.05, 4.69) is 4.98 Å². The summed E-state index contributed by atoms with van der Waals surface area (Å²) in [6, 6.07) is 3.95. The molecule has 2 nitrogen and oxygen atoms in total. The van der Waals surface area contributed by atoms with Gasteiger partial charge in [-0.3, -0.25) is 0 Å². The van der Waals surface area contributed by atoms with Crippen molar-refractivity contribution < 1.29 is 0 Å². The molecular weight excluding hydrogens is 136 g/mol. The highest BCUT2D eigenvalue weighted by molar-refractivity contribution is 5.34. The Labute approximate surface area is 65.5 Å². The van der Waals surface area contributed by atoms with Crippen LogP contribution in [-0.4, -0.2) is 4.98 Å². The Hall–Kier alpha value is -1.36. The quantitative estimate of drug-likeness (QED) is 0.552. The Morgan fingerprint density at radius 3 is 3.00 bits per heavy atom. The first kappa shape index (κ1) is 6.36. The molecule has 1 aliphatic carbocycles. The average Bonchev–Trinajstić information content (AvgIpc) is 2.50. The van der Waals surface area contributed by atoms with Gasteiger partial charge in [-0.2, -0.15) is 5.26 Å². The van der Waals surface area contributed by atoms with Gasteiger partial charge in [0.15, 0.2) is 0 Å². The Morgan fingerprint density at radius 1 is 1.36 bits per heavy atom. The molecule has 0 saturated carbocycles. The maximum absolute atomic E-state index is 8.56. The summed E-state index contributed by atoms with van der Waals surface area (Å²) in [7, 11) is 0. The maximum atomic E-state index is 8.56. The van der Waals surface area contributed by atoms with Crippen molar-refractivity contribution in [3.05, 3.63) is 29.1 Å². The number of aryl methyl sites for hydroxylation is 2. The molecule has 0 amide bonds. The van der Waals surface area contributed by atoms with Crippen LogP contribution in [0.15, 0.2) is 12.3 Å². The summed E-state index contributed by atoms with van der Waals surface area (Å²) in [6.07, 6.45) is 5.30. The molecule has 0 spiro atoms. The van der Waals surface area contributed by atoms with E-state index in [1.807, 2.05) is 18.3 Å². The van der Waals surface area contributed by atoms with E-state index in [1.165, 1.54) is 17.5 Å². The van der Waals surface area contributed by atoms with Crippen LogP contribution in [0.3, 0.4) is 0 Å². The third kappa shape index (κ3) is 0.988. The molecule has 1 aromatic rings. The average molecular weight is 144 g/mol. The van der Waals surface area contributed by atoms with E-state index >= 15 is 0 Å². The summed E-state index contributed by atoms with van der Waals surface area (Å²) in [6.45, 7) is 0. The lowest BCUT2D eigenvalue weighted by atomic mass is 10.1. The van der Waals surface area contributed by atoms with Crippen LogP contribution < -0.4 is 0 Å². The highest BCUT2D eigenvalue weighted by atomic mass is 14.7. The Bertz CT molecular complexity index is 323. The third-order valence-corrected chi connectivity index (χ3v) is 2.09. The second-order valence-corrected chi connectivity index (χ2v) is 2.80. The van der Waals surface area contributed by atoms with E-state index in [9.17, 15) is 0 Å². The summed E-state index contributed by atoms with van der Waals surface area (Å²) in [5, 5.41) is 8.56. The van der Waals surface area contributed by atoms with Gasteiger partial charge in [0.1, 0.15) is 11.8 Å². The number of hydrogen-bond acceptors (Lipinski definition) is 2. The molecule has 1 aliphatic rings. The lowest BCUT2D eigenvalue weighted by molar-refractivity contribution is 0.911. The smallest absolute Gasteiger partial charge is 0.140 e. The molecule has 0 aromatic carbocycles. The number of rotatable bonds is 0. The van der Waals surface area contributed by atoms with Crippen LogP contribution in [-0.2, 0) is 12.8 Å². The van der Waals surface area contributed by atoms with Crippen molar-refractivity contribution >= 4 is 0 Å². The second-order valence-electron chi connectivity index (χ2n) is 2.80. The molecule has 1 aromatic heterocycles. The maximum Gasteiger partial charge on any atom is 0.140 e. The monoisotopic (exact) mass is 144 g/mol. The molecule has 0 fully saturated rings. The largest absolute Gasteiger partial charge is 0.245 e. The zero-order valence-corrected chi connectivity index (χ0v) is 6.17. The van der Waals surface area contributed by atoms with Gasteiger partial charge in [0.25, 0.3) is 0 Å². The third-order valence-electron chi connectivity index (χ3n) is 2.09. The lowest BCUT2D eigenvalue weighted by Gasteiger charge is -1.95. The Balaban J connectivity index is 2.51. The van der Waals surface area contributed by atoms with Gasteiger partial charge in [-0.1, -0.05) is 0 Å². The summed E-state index contributed by atoms with van der Waals surface area (Å²) < 4.78 is 0. The van der Waals surface area contributed by atoms with Crippen LogP contribution in [0.4, 0.5) is 0 Å². The molecule has 0 radical (unpaired) electrons. The minimum atomic E-state index is 0.547. The zero-order chi connectivity index (χ0) is 7.68. The van der Waals surface area contributed by atoms with E-state index < -0.39 is 0 Å². The summed E-state index contributed by atoms with van der Waals surface area (Å²) in [5.41, 5.74) is 3.19. The molecule has 0 aliphatic heterocycles. The van der Waals surface area contributed by atoms with E-state index in [1.54, 1.807) is 0 Å². The minimum Gasteiger partial charge on any atom is -0.245 e. The number of nitrogens with zero attached hydrogens (tertiary/aromatic N) is 2. The van der Waals surface area contributed by atoms with Crippen molar-refractivity contribution in [3.8, 4) is 6.07 Å². The molecule has 0 unspecified atom stereocenters. The number of fused-ring (bicyclic) bond motifs is 1. The SMILES string of the molecule is N#Cc1cc2c(cn1)CCC2. The zero-order valence-electron chi connectivity index (χ0n) is 6.17. The van der Waals surface area contributed by atoms with Crippen molar-refractivity contribution in [2.24, 2.45) is 0 Å². The van der Waals surface area contributed by atoms with Crippen LogP contribution in [0, 0.1) is 11.3 Å². The summed E-state index contributed by atoms with van der Waals surface area (Å²) in [5.74, 6) is 0. The molecule has 2 rings (SSSR count). The Morgan fingerprint density at radius 2 is 2.18 bits per heavy atom. The van der Waals surface area contributed by atoms with Gasteiger partial charge >= 0.3 is 0 Å². The fraction of sp³-hybridized carbons (Fsp3) is 0.333. The van der Waals surface area contributed by atoms with Gasteiger partial charge in [0.2, 0.25) is 0 Å². The first-order chi connectivity index (χ1) is 5.40. The molecule has 0 N–H and O–H groups in total. The van der Waals surface area contributed by atoms with Gasteiger partial charge in [0, 0.05) is 6.20 Å². The van der Waals surface area contributed by atoms with Crippen LogP contribution in [0.1, 0.15) is 23.2 Å². The van der Waals surface area contributed by atoms with E-state index in [-0.39, 0.29) is 0 Å². The minimum absolute atomic E-state index is 0.547. The molecule has 11 heavy (non-hydrogen) atoms. The van der Waals surface area contributed by atoms with Gasteiger partial charge in [-0.15, -0.1) is 0 Å². The predicted molar refractivity (Wildman–Crippen MR) is 41.0 cm³/mol. The van der Waals surface area contributed by atoms with Crippen molar-refractivity contribution in [3.63, 3.8) is 0 Å². The Kier molecular flexibility index (Phi) is 1.36. The topological polar surface area (TPSA) is 36.7 Å². The van der Waals surface area contributed by atoms with Crippen molar-refractivity contribution in [1.29, 1.82) is 5.26 Å². The van der Waals surface area contributed by atoms with Gasteiger partial charge in [-0.05, 0) is 36.5 Å². The molecule has 2 heteroatoms. The van der Waals surface area contributed by atoms with Crippen LogP contribution >= 0.6 is 0 Å². The van der Waals surface area contributed by atoms with Crippen LogP contribution in [0.5, 0.6) is 0 Å². The molecule has 0 atom stereocenters. The van der Waals surface area contributed by atoms with Crippen molar-refractivity contribution in [2.45, 2.75) is 19.3 Å². The molecule has 0 bridgehead atoms. The van der Waals surface area contributed by atoms with Crippen LogP contribution in [0.2, 0.25) is 0 Å². The lowest BCUT2D eigenvalue weighted by Crippen LogP contribution is -1.87. The first-order valence-corrected chi connectivity index (χ1v) is 3.78. The van der Waals surface area contributed by atoms with E-state index in [0.29, 0.717) is 5.69 Å². The van der Waals surface area contributed by atoms with Gasteiger partial charge < -0.3 is 0 Å². The van der Waals surface area contributed by atoms with Crippen LogP contribution in [0.25, 0.3) is 0 Å².